The monoisotopic (exact) mass is 427 g/mol. The first kappa shape index (κ1) is 19.8. The van der Waals surface area contributed by atoms with Gasteiger partial charge in [-0.2, -0.15) is 0 Å². The molecular formula is C21H18ClN3O5. The molecule has 1 heterocycles. The predicted molar refractivity (Wildman–Crippen MR) is 112 cm³/mol. The molecule has 154 valence electrons. The van der Waals surface area contributed by atoms with Crippen molar-refractivity contribution in [3.63, 3.8) is 0 Å². The molecule has 0 atom stereocenters. The van der Waals surface area contributed by atoms with Gasteiger partial charge < -0.3 is 25.2 Å². The molecule has 0 bridgehead atoms. The average molecular weight is 428 g/mol. The Hall–Kier alpha value is -3.52. The molecule has 1 fully saturated rings. The number of anilines is 1. The summed E-state index contributed by atoms with van der Waals surface area (Å²) in [7, 11) is 1.38. The van der Waals surface area contributed by atoms with Crippen molar-refractivity contribution in [1.82, 2.24) is 10.3 Å². The number of rotatable bonds is 6. The Morgan fingerprint density at radius 2 is 1.90 bits per heavy atom. The number of pyridine rings is 1. The Bertz CT molecular complexity index is 1150. The second-order valence-corrected chi connectivity index (χ2v) is 7.18. The number of methoxy groups -OCH3 is 1. The molecule has 1 aromatic heterocycles. The first-order valence-corrected chi connectivity index (χ1v) is 9.58. The van der Waals surface area contributed by atoms with E-state index in [9.17, 15) is 14.7 Å². The van der Waals surface area contributed by atoms with Gasteiger partial charge in [-0.25, -0.2) is 14.6 Å². The minimum absolute atomic E-state index is 0.0332. The van der Waals surface area contributed by atoms with Crippen LogP contribution in [0.15, 0.2) is 42.5 Å². The van der Waals surface area contributed by atoms with E-state index in [0.29, 0.717) is 28.1 Å². The Kier molecular flexibility index (Phi) is 5.33. The molecule has 2 amide bonds. The fourth-order valence-corrected chi connectivity index (χ4v) is 3.15. The summed E-state index contributed by atoms with van der Waals surface area (Å²) < 4.78 is 11.2. The molecule has 1 aliphatic rings. The van der Waals surface area contributed by atoms with Gasteiger partial charge in [-0.05, 0) is 31.0 Å². The number of carbonyl (C=O) groups excluding carboxylic acids is 1. The number of nitrogens with one attached hydrogen (secondary N) is 2. The molecule has 1 aliphatic carbocycles. The number of nitrogens with zero attached hydrogens (tertiary/aromatic N) is 1. The number of ether oxygens (including phenoxy) is 2. The van der Waals surface area contributed by atoms with Crippen molar-refractivity contribution in [1.29, 1.82) is 0 Å². The minimum Gasteiger partial charge on any atom is -0.496 e. The molecule has 8 nitrogen and oxygen atoms in total. The number of aromatic nitrogens is 1. The van der Waals surface area contributed by atoms with Gasteiger partial charge in [-0.1, -0.05) is 23.7 Å². The number of carboxylic acid groups (broad SMARTS) is 1. The molecule has 3 aromatic rings. The van der Waals surface area contributed by atoms with Gasteiger partial charge in [0.2, 0.25) is 0 Å². The maximum absolute atomic E-state index is 12.1. The zero-order chi connectivity index (χ0) is 21.3. The second-order valence-electron chi connectivity index (χ2n) is 6.79. The first-order valence-electron chi connectivity index (χ1n) is 9.20. The number of para-hydroxylation sites is 2. The molecule has 3 N–H and O–H groups in total. The van der Waals surface area contributed by atoms with Crippen molar-refractivity contribution in [2.45, 2.75) is 18.9 Å². The van der Waals surface area contributed by atoms with E-state index in [4.69, 9.17) is 21.1 Å². The van der Waals surface area contributed by atoms with E-state index in [1.165, 1.54) is 25.3 Å². The average Bonchev–Trinajstić information content (AvgIpc) is 3.52. The van der Waals surface area contributed by atoms with Crippen LogP contribution in [0, 0.1) is 0 Å². The van der Waals surface area contributed by atoms with Crippen molar-refractivity contribution in [3.8, 4) is 17.2 Å². The quantitative estimate of drug-likeness (QED) is 0.493. The summed E-state index contributed by atoms with van der Waals surface area (Å²) in [6.07, 6.45) is 1.95. The number of carboxylic acids is 1. The zero-order valence-corrected chi connectivity index (χ0v) is 16.7. The molecule has 0 radical (unpaired) electrons. The Labute approximate surface area is 176 Å². The van der Waals surface area contributed by atoms with Crippen molar-refractivity contribution < 1.29 is 24.2 Å². The Morgan fingerprint density at radius 1 is 1.13 bits per heavy atom. The summed E-state index contributed by atoms with van der Waals surface area (Å²) in [6.45, 7) is 0. The van der Waals surface area contributed by atoms with Crippen LogP contribution in [-0.2, 0) is 0 Å². The van der Waals surface area contributed by atoms with E-state index < -0.39 is 5.97 Å². The molecule has 30 heavy (non-hydrogen) atoms. The van der Waals surface area contributed by atoms with Crippen LogP contribution in [0.1, 0.15) is 23.2 Å². The van der Waals surface area contributed by atoms with Crippen LogP contribution >= 0.6 is 11.6 Å². The summed E-state index contributed by atoms with van der Waals surface area (Å²) in [6, 6.07) is 11.2. The van der Waals surface area contributed by atoms with Crippen molar-refractivity contribution in [2.75, 3.05) is 12.4 Å². The molecule has 2 aromatic carbocycles. The molecule has 4 rings (SSSR count). The summed E-state index contributed by atoms with van der Waals surface area (Å²) >= 11 is 6.15. The SMILES string of the molecule is COc1cc2nc(Cl)cc(Oc3ccccc3NC(=O)NC3CC3)c2cc1C(=O)O. The van der Waals surface area contributed by atoms with E-state index in [1.54, 1.807) is 24.3 Å². The highest BCUT2D eigenvalue weighted by Gasteiger charge is 2.24. The molecule has 0 spiro atoms. The largest absolute Gasteiger partial charge is 0.496 e. The van der Waals surface area contributed by atoms with E-state index in [2.05, 4.69) is 15.6 Å². The van der Waals surface area contributed by atoms with Crippen LogP contribution < -0.4 is 20.1 Å². The number of benzene rings is 2. The van der Waals surface area contributed by atoms with Crippen LogP contribution in [0.2, 0.25) is 5.15 Å². The lowest BCUT2D eigenvalue weighted by atomic mass is 10.1. The highest BCUT2D eigenvalue weighted by molar-refractivity contribution is 6.30. The number of urea groups is 1. The summed E-state index contributed by atoms with van der Waals surface area (Å²) in [4.78, 5) is 28.0. The number of hydrogen-bond donors (Lipinski definition) is 3. The van der Waals surface area contributed by atoms with Gasteiger partial charge in [0.25, 0.3) is 0 Å². The van der Waals surface area contributed by atoms with Crippen molar-refractivity contribution in [2.24, 2.45) is 0 Å². The van der Waals surface area contributed by atoms with Gasteiger partial charge in [-0.3, -0.25) is 0 Å². The maximum Gasteiger partial charge on any atom is 0.339 e. The fourth-order valence-electron chi connectivity index (χ4n) is 2.96. The van der Waals surface area contributed by atoms with Crippen LogP contribution in [0.3, 0.4) is 0 Å². The van der Waals surface area contributed by atoms with Gasteiger partial charge in [-0.15, -0.1) is 0 Å². The molecule has 9 heteroatoms. The highest BCUT2D eigenvalue weighted by Crippen LogP contribution is 2.37. The van der Waals surface area contributed by atoms with Gasteiger partial charge in [0.15, 0.2) is 5.75 Å². The van der Waals surface area contributed by atoms with E-state index in [-0.39, 0.29) is 28.5 Å². The highest BCUT2D eigenvalue weighted by atomic mass is 35.5. The van der Waals surface area contributed by atoms with Gasteiger partial charge >= 0.3 is 12.0 Å². The number of carbonyl (C=O) groups is 2. The Balaban J connectivity index is 1.72. The van der Waals surface area contributed by atoms with Crippen LogP contribution in [-0.4, -0.2) is 35.2 Å². The lowest BCUT2D eigenvalue weighted by Gasteiger charge is -2.15. The van der Waals surface area contributed by atoms with Crippen LogP contribution in [0.5, 0.6) is 17.2 Å². The number of halogens is 1. The molecular weight excluding hydrogens is 410 g/mol. The van der Waals surface area contributed by atoms with Crippen LogP contribution in [0.25, 0.3) is 10.9 Å². The number of amides is 2. The molecule has 1 saturated carbocycles. The minimum atomic E-state index is -1.14. The third kappa shape index (κ3) is 4.23. The van der Waals surface area contributed by atoms with Gasteiger partial charge in [0, 0.05) is 23.6 Å². The standard InChI is InChI=1S/C21H18ClN3O5/c1-29-17-9-15-12(8-13(17)20(26)27)18(10-19(22)24-15)30-16-5-3-2-4-14(16)25-21(28)23-11-6-7-11/h2-5,8-11H,6-7H2,1H3,(H,26,27)(H2,23,25,28). The van der Waals surface area contributed by atoms with Crippen molar-refractivity contribution >= 4 is 40.2 Å². The van der Waals surface area contributed by atoms with Gasteiger partial charge in [0.05, 0.1) is 18.3 Å². The van der Waals surface area contributed by atoms with Gasteiger partial charge in [0.1, 0.15) is 22.2 Å². The van der Waals surface area contributed by atoms with E-state index in [0.717, 1.165) is 12.8 Å². The number of aromatic carboxylic acids is 1. The molecule has 0 unspecified atom stereocenters. The summed E-state index contributed by atoms with van der Waals surface area (Å²) in [5.41, 5.74) is 0.842. The third-order valence-corrected chi connectivity index (χ3v) is 4.75. The topological polar surface area (TPSA) is 110 Å². The van der Waals surface area contributed by atoms with Crippen molar-refractivity contribution in [3.05, 3.63) is 53.2 Å². The first-order chi connectivity index (χ1) is 14.4. The maximum atomic E-state index is 12.1. The number of hydrogen-bond acceptors (Lipinski definition) is 5. The lowest BCUT2D eigenvalue weighted by molar-refractivity contribution is 0.0693. The second kappa shape index (κ2) is 8.08. The van der Waals surface area contributed by atoms with Crippen LogP contribution in [0.4, 0.5) is 10.5 Å². The lowest BCUT2D eigenvalue weighted by Crippen LogP contribution is -2.30. The summed E-state index contributed by atoms with van der Waals surface area (Å²) in [5.74, 6) is -0.310. The predicted octanol–water partition coefficient (Wildman–Crippen LogP) is 4.67. The fraction of sp³-hybridized carbons (Fsp3) is 0.190. The number of fused-ring (bicyclic) bond motifs is 1. The van der Waals surface area contributed by atoms with E-state index >= 15 is 0 Å². The third-order valence-electron chi connectivity index (χ3n) is 4.56. The Morgan fingerprint density at radius 3 is 2.60 bits per heavy atom. The summed E-state index contributed by atoms with van der Waals surface area (Å²) in [5, 5.41) is 15.7. The zero-order valence-electron chi connectivity index (χ0n) is 15.9. The molecule has 0 saturated heterocycles. The smallest absolute Gasteiger partial charge is 0.339 e. The normalized spacial score (nSPS) is 13.0. The molecule has 0 aliphatic heterocycles. The van der Waals surface area contributed by atoms with E-state index in [1.807, 2.05) is 0 Å².